The summed E-state index contributed by atoms with van der Waals surface area (Å²) in [6.45, 7) is 2.98. The zero-order valence-corrected chi connectivity index (χ0v) is 13.5. The molecule has 0 spiro atoms. The molecule has 7 heteroatoms. The van der Waals surface area contributed by atoms with E-state index < -0.39 is 10.0 Å². The fourth-order valence-electron chi connectivity index (χ4n) is 3.13. The van der Waals surface area contributed by atoms with E-state index in [-0.39, 0.29) is 16.6 Å². The van der Waals surface area contributed by atoms with Gasteiger partial charge in [0.15, 0.2) is 0 Å². The van der Waals surface area contributed by atoms with E-state index in [2.05, 4.69) is 25.6 Å². The van der Waals surface area contributed by atoms with Gasteiger partial charge in [-0.1, -0.05) is 15.9 Å². The zero-order valence-electron chi connectivity index (χ0n) is 11.0. The first-order valence-electron chi connectivity index (χ1n) is 6.75. The maximum absolute atomic E-state index is 12.5. The molecule has 1 unspecified atom stereocenters. The molecule has 1 aromatic carbocycles. The molecule has 0 saturated carbocycles. The zero-order chi connectivity index (χ0) is 14.3. The van der Waals surface area contributed by atoms with Crippen molar-refractivity contribution in [2.24, 2.45) is 5.92 Å². The maximum Gasteiger partial charge on any atom is 0.242 e. The molecule has 4 rings (SSSR count). The van der Waals surface area contributed by atoms with E-state index in [4.69, 9.17) is 5.73 Å². The molecule has 3 heterocycles. The molecule has 1 aromatic rings. The van der Waals surface area contributed by atoms with E-state index in [0.717, 1.165) is 36.9 Å². The fourth-order valence-corrected chi connectivity index (χ4v) is 4.91. The van der Waals surface area contributed by atoms with Gasteiger partial charge >= 0.3 is 0 Å². The van der Waals surface area contributed by atoms with Crippen LogP contribution in [-0.2, 0) is 10.0 Å². The summed E-state index contributed by atoms with van der Waals surface area (Å²) in [6.07, 6.45) is 2.14. The van der Waals surface area contributed by atoms with Crippen LogP contribution >= 0.6 is 15.9 Å². The minimum atomic E-state index is -3.55. The third-order valence-corrected chi connectivity index (χ3v) is 6.28. The standard InChI is InChI=1S/C13H18BrN3O2S/c14-10-1-2-13(11(15)7-10)20(18,19)16-12-8-17-5-3-9(12)4-6-17/h1-2,7,9,12,16H,3-6,8,15H2. The lowest BCUT2D eigenvalue weighted by Crippen LogP contribution is -2.57. The molecule has 0 radical (unpaired) electrons. The van der Waals surface area contributed by atoms with Crippen molar-refractivity contribution in [3.05, 3.63) is 22.7 Å². The van der Waals surface area contributed by atoms with Gasteiger partial charge in [0.1, 0.15) is 4.90 Å². The Morgan fingerprint density at radius 1 is 1.30 bits per heavy atom. The van der Waals surface area contributed by atoms with Crippen molar-refractivity contribution in [1.82, 2.24) is 9.62 Å². The molecule has 3 N–H and O–H groups in total. The molecular formula is C13H18BrN3O2S. The lowest BCUT2D eigenvalue weighted by molar-refractivity contribution is 0.0827. The van der Waals surface area contributed by atoms with Crippen molar-refractivity contribution in [3.63, 3.8) is 0 Å². The van der Waals surface area contributed by atoms with Crippen molar-refractivity contribution in [2.45, 2.75) is 23.8 Å². The summed E-state index contributed by atoms with van der Waals surface area (Å²) in [4.78, 5) is 2.48. The second kappa shape index (κ2) is 5.29. The number of hydrogen-bond donors (Lipinski definition) is 2. The van der Waals surface area contributed by atoms with Crippen LogP contribution in [0.4, 0.5) is 5.69 Å². The molecule has 2 bridgehead atoms. The van der Waals surface area contributed by atoms with Gasteiger partial charge in [-0.15, -0.1) is 0 Å². The number of piperidine rings is 3. The van der Waals surface area contributed by atoms with Gasteiger partial charge in [-0.05, 0) is 50.0 Å². The molecule has 0 amide bonds. The number of hydrogen-bond acceptors (Lipinski definition) is 4. The lowest BCUT2D eigenvalue weighted by Gasteiger charge is -2.44. The lowest BCUT2D eigenvalue weighted by atomic mass is 9.85. The highest BCUT2D eigenvalue weighted by atomic mass is 79.9. The quantitative estimate of drug-likeness (QED) is 0.800. The van der Waals surface area contributed by atoms with Gasteiger partial charge < -0.3 is 10.6 Å². The van der Waals surface area contributed by atoms with Crippen LogP contribution in [0.25, 0.3) is 0 Å². The van der Waals surface area contributed by atoms with Crippen molar-refractivity contribution in [3.8, 4) is 0 Å². The van der Waals surface area contributed by atoms with E-state index in [1.807, 2.05) is 0 Å². The molecule has 20 heavy (non-hydrogen) atoms. The average Bonchev–Trinajstić information content (AvgIpc) is 2.39. The summed E-state index contributed by atoms with van der Waals surface area (Å²) in [5, 5.41) is 0. The summed E-state index contributed by atoms with van der Waals surface area (Å²) in [6, 6.07) is 4.86. The highest BCUT2D eigenvalue weighted by Crippen LogP contribution is 2.29. The van der Waals surface area contributed by atoms with Crippen LogP contribution in [0.2, 0.25) is 0 Å². The average molecular weight is 360 g/mol. The summed E-state index contributed by atoms with van der Waals surface area (Å²) in [5.74, 6) is 0.450. The number of sulfonamides is 1. The molecule has 0 aliphatic carbocycles. The second-order valence-electron chi connectivity index (χ2n) is 5.55. The molecular weight excluding hydrogens is 342 g/mol. The molecule has 5 nitrogen and oxygen atoms in total. The van der Waals surface area contributed by atoms with Crippen LogP contribution in [-0.4, -0.2) is 39.0 Å². The number of nitrogens with one attached hydrogen (secondary N) is 1. The van der Waals surface area contributed by atoms with E-state index in [1.54, 1.807) is 18.2 Å². The Morgan fingerprint density at radius 2 is 2.00 bits per heavy atom. The summed E-state index contributed by atoms with van der Waals surface area (Å²) >= 11 is 3.29. The number of nitrogens with zero attached hydrogens (tertiary/aromatic N) is 1. The third-order valence-electron chi connectivity index (χ3n) is 4.22. The topological polar surface area (TPSA) is 75.4 Å². The van der Waals surface area contributed by atoms with Gasteiger partial charge in [-0.3, -0.25) is 0 Å². The van der Waals surface area contributed by atoms with E-state index in [1.165, 1.54) is 0 Å². The normalized spacial score (nSPS) is 29.6. The Bertz CT molecular complexity index is 612. The van der Waals surface area contributed by atoms with Crippen LogP contribution in [0.15, 0.2) is 27.6 Å². The highest BCUT2D eigenvalue weighted by molar-refractivity contribution is 9.10. The highest BCUT2D eigenvalue weighted by Gasteiger charge is 2.36. The predicted molar refractivity (Wildman–Crippen MR) is 81.8 cm³/mol. The number of rotatable bonds is 3. The molecule has 3 fully saturated rings. The number of anilines is 1. The predicted octanol–water partition coefficient (Wildman–Crippen LogP) is 1.40. The van der Waals surface area contributed by atoms with Crippen LogP contribution < -0.4 is 10.5 Å². The Kier molecular flexibility index (Phi) is 3.79. The molecule has 0 aromatic heterocycles. The van der Waals surface area contributed by atoms with Crippen LogP contribution in [0.5, 0.6) is 0 Å². The summed E-state index contributed by atoms with van der Waals surface area (Å²) < 4.78 is 28.6. The van der Waals surface area contributed by atoms with Gasteiger partial charge in [0, 0.05) is 17.1 Å². The summed E-state index contributed by atoms with van der Waals surface area (Å²) in [7, 11) is -3.55. The number of nitrogens with two attached hydrogens (primary N) is 1. The number of benzene rings is 1. The Balaban J connectivity index is 1.82. The van der Waals surface area contributed by atoms with Crippen LogP contribution in [0, 0.1) is 5.92 Å². The monoisotopic (exact) mass is 359 g/mol. The van der Waals surface area contributed by atoms with Gasteiger partial charge in [0.05, 0.1) is 5.69 Å². The van der Waals surface area contributed by atoms with Gasteiger partial charge in [0.25, 0.3) is 0 Å². The van der Waals surface area contributed by atoms with Gasteiger partial charge in [0.2, 0.25) is 10.0 Å². The molecule has 3 aliphatic heterocycles. The Labute approximate surface area is 127 Å². The molecule has 3 aliphatic rings. The largest absolute Gasteiger partial charge is 0.398 e. The molecule has 1 atom stereocenters. The SMILES string of the molecule is Nc1cc(Br)ccc1S(=O)(=O)NC1CN2CCC1CC2. The van der Waals surface area contributed by atoms with Crippen molar-refractivity contribution >= 4 is 31.6 Å². The number of fused-ring (bicyclic) bond motifs is 3. The van der Waals surface area contributed by atoms with Crippen molar-refractivity contribution < 1.29 is 8.42 Å². The van der Waals surface area contributed by atoms with Crippen LogP contribution in [0.3, 0.4) is 0 Å². The smallest absolute Gasteiger partial charge is 0.242 e. The Morgan fingerprint density at radius 3 is 2.55 bits per heavy atom. The van der Waals surface area contributed by atoms with E-state index in [0.29, 0.717) is 5.92 Å². The number of halogens is 1. The van der Waals surface area contributed by atoms with Gasteiger partial charge in [-0.25, -0.2) is 13.1 Å². The molecule has 3 saturated heterocycles. The minimum Gasteiger partial charge on any atom is -0.398 e. The first kappa shape index (κ1) is 14.3. The van der Waals surface area contributed by atoms with Crippen LogP contribution in [0.1, 0.15) is 12.8 Å². The van der Waals surface area contributed by atoms with E-state index in [9.17, 15) is 8.42 Å². The van der Waals surface area contributed by atoms with Crippen molar-refractivity contribution in [1.29, 1.82) is 0 Å². The first-order chi connectivity index (χ1) is 9.45. The molecule has 110 valence electrons. The van der Waals surface area contributed by atoms with E-state index >= 15 is 0 Å². The maximum atomic E-state index is 12.5. The third kappa shape index (κ3) is 2.72. The number of nitrogen functional groups attached to an aromatic ring is 1. The summed E-state index contributed by atoms with van der Waals surface area (Å²) in [5.41, 5.74) is 6.10. The first-order valence-corrected chi connectivity index (χ1v) is 9.03. The second-order valence-corrected chi connectivity index (χ2v) is 8.15. The fraction of sp³-hybridized carbons (Fsp3) is 0.538. The minimum absolute atomic E-state index is 0.00514. The van der Waals surface area contributed by atoms with Crippen molar-refractivity contribution in [2.75, 3.05) is 25.4 Å². The van der Waals surface area contributed by atoms with Gasteiger partial charge in [-0.2, -0.15) is 0 Å². The Hall–Kier alpha value is -0.630.